The van der Waals surface area contributed by atoms with Gasteiger partial charge >= 0.3 is 0 Å². The first-order valence-electron chi connectivity index (χ1n) is 6.40. The lowest BCUT2D eigenvalue weighted by molar-refractivity contribution is 0.276. The Morgan fingerprint density at radius 1 is 1.47 bits per heavy atom. The second-order valence-electron chi connectivity index (χ2n) is 4.24. The molecule has 0 amide bonds. The molecule has 0 atom stereocenters. The summed E-state index contributed by atoms with van der Waals surface area (Å²) in [6, 6.07) is 7.78. The highest BCUT2D eigenvalue weighted by Gasteiger charge is 2.10. The van der Waals surface area contributed by atoms with Gasteiger partial charge in [0.1, 0.15) is 11.6 Å². The maximum atomic E-state index is 9.10. The zero-order valence-electron chi connectivity index (χ0n) is 11.0. The number of hydrogen-bond donors (Lipinski definition) is 1. The first kappa shape index (κ1) is 13.4. The molecule has 0 fully saturated rings. The van der Waals surface area contributed by atoms with Crippen molar-refractivity contribution in [2.45, 2.75) is 26.3 Å². The number of aliphatic hydroxyl groups is 1. The SMILES string of the molecule is CCCOc1ccc2c(c1)nc(CC#N)n2CCO. The largest absolute Gasteiger partial charge is 0.494 e. The molecule has 5 heteroatoms. The maximum absolute atomic E-state index is 9.10. The van der Waals surface area contributed by atoms with Gasteiger partial charge in [-0.3, -0.25) is 0 Å². The monoisotopic (exact) mass is 259 g/mol. The van der Waals surface area contributed by atoms with Gasteiger partial charge in [-0.1, -0.05) is 6.92 Å². The lowest BCUT2D eigenvalue weighted by Gasteiger charge is -2.06. The number of rotatable bonds is 6. The van der Waals surface area contributed by atoms with Gasteiger partial charge in [-0.15, -0.1) is 0 Å². The Morgan fingerprint density at radius 2 is 2.32 bits per heavy atom. The van der Waals surface area contributed by atoms with Crippen molar-refractivity contribution >= 4 is 11.0 Å². The summed E-state index contributed by atoms with van der Waals surface area (Å²) in [6.45, 7) is 3.20. The van der Waals surface area contributed by atoms with Crippen molar-refractivity contribution in [1.82, 2.24) is 9.55 Å². The quantitative estimate of drug-likeness (QED) is 0.859. The third-order valence-corrected chi connectivity index (χ3v) is 2.83. The Kier molecular flexibility index (Phi) is 4.37. The molecule has 0 aliphatic heterocycles. The minimum Gasteiger partial charge on any atom is -0.494 e. The van der Waals surface area contributed by atoms with Crippen LogP contribution in [0.1, 0.15) is 19.2 Å². The van der Waals surface area contributed by atoms with E-state index >= 15 is 0 Å². The molecule has 0 spiro atoms. The van der Waals surface area contributed by atoms with E-state index in [1.807, 2.05) is 22.8 Å². The summed E-state index contributed by atoms with van der Waals surface area (Å²) in [7, 11) is 0. The highest BCUT2D eigenvalue weighted by atomic mass is 16.5. The zero-order valence-corrected chi connectivity index (χ0v) is 11.0. The first-order valence-corrected chi connectivity index (χ1v) is 6.40. The van der Waals surface area contributed by atoms with Crippen LogP contribution < -0.4 is 4.74 Å². The number of imidazole rings is 1. The van der Waals surface area contributed by atoms with Crippen molar-refractivity contribution in [3.05, 3.63) is 24.0 Å². The average molecular weight is 259 g/mol. The molecule has 100 valence electrons. The Bertz CT molecular complexity index is 598. The summed E-state index contributed by atoms with van der Waals surface area (Å²) in [5.74, 6) is 1.46. The standard InChI is InChI=1S/C14H17N3O2/c1-2-9-19-11-3-4-13-12(10-11)16-14(5-6-15)17(13)7-8-18/h3-4,10,18H,2,5,7-9H2,1H3. The van der Waals surface area contributed by atoms with Crippen LogP contribution in [0.5, 0.6) is 5.75 Å². The van der Waals surface area contributed by atoms with Gasteiger partial charge in [0.05, 0.1) is 36.7 Å². The number of hydrogen-bond acceptors (Lipinski definition) is 4. The van der Waals surface area contributed by atoms with E-state index in [2.05, 4.69) is 18.0 Å². The van der Waals surface area contributed by atoms with E-state index < -0.39 is 0 Å². The normalized spacial score (nSPS) is 10.6. The highest BCUT2D eigenvalue weighted by molar-refractivity contribution is 5.78. The lowest BCUT2D eigenvalue weighted by atomic mass is 10.3. The van der Waals surface area contributed by atoms with Crippen molar-refractivity contribution in [3.8, 4) is 11.8 Å². The van der Waals surface area contributed by atoms with E-state index in [9.17, 15) is 0 Å². The predicted octanol–water partition coefficient (Wildman–Crippen LogP) is 1.88. The fraction of sp³-hybridized carbons (Fsp3) is 0.429. The molecule has 1 aromatic heterocycles. The number of nitriles is 1. The molecular weight excluding hydrogens is 242 g/mol. The number of aliphatic hydroxyl groups excluding tert-OH is 1. The van der Waals surface area contributed by atoms with E-state index in [0.717, 1.165) is 23.2 Å². The second kappa shape index (κ2) is 6.21. The molecule has 1 aromatic carbocycles. The molecule has 0 saturated heterocycles. The van der Waals surface area contributed by atoms with Gasteiger partial charge < -0.3 is 14.4 Å². The third kappa shape index (κ3) is 2.85. The van der Waals surface area contributed by atoms with E-state index in [1.54, 1.807) is 0 Å². The molecule has 0 bridgehead atoms. The van der Waals surface area contributed by atoms with Crippen molar-refractivity contribution in [1.29, 1.82) is 5.26 Å². The molecule has 0 radical (unpaired) electrons. The molecule has 5 nitrogen and oxygen atoms in total. The molecule has 19 heavy (non-hydrogen) atoms. The van der Waals surface area contributed by atoms with E-state index in [1.165, 1.54) is 0 Å². The number of ether oxygens (including phenoxy) is 1. The molecule has 2 rings (SSSR count). The van der Waals surface area contributed by atoms with Crippen molar-refractivity contribution in [2.24, 2.45) is 0 Å². The molecule has 0 unspecified atom stereocenters. The minimum absolute atomic E-state index is 0.0258. The Labute approximate surface area is 112 Å². The molecule has 2 aromatic rings. The van der Waals surface area contributed by atoms with Crippen LogP contribution in [-0.2, 0) is 13.0 Å². The second-order valence-corrected chi connectivity index (χ2v) is 4.24. The third-order valence-electron chi connectivity index (χ3n) is 2.83. The van der Waals surface area contributed by atoms with Crippen LogP contribution in [-0.4, -0.2) is 27.9 Å². The van der Waals surface area contributed by atoms with Crippen molar-refractivity contribution in [3.63, 3.8) is 0 Å². The number of benzene rings is 1. The van der Waals surface area contributed by atoms with Gasteiger partial charge in [-0.05, 0) is 18.6 Å². The zero-order chi connectivity index (χ0) is 13.7. The Morgan fingerprint density at radius 3 is 3.00 bits per heavy atom. The van der Waals surface area contributed by atoms with Crippen LogP contribution in [0, 0.1) is 11.3 Å². The minimum atomic E-state index is 0.0258. The average Bonchev–Trinajstić information content (AvgIpc) is 2.75. The van der Waals surface area contributed by atoms with Gasteiger partial charge in [0, 0.05) is 12.6 Å². The van der Waals surface area contributed by atoms with Gasteiger partial charge in [0.2, 0.25) is 0 Å². The summed E-state index contributed by atoms with van der Waals surface area (Å²) in [6.07, 6.45) is 1.19. The van der Waals surface area contributed by atoms with E-state index in [0.29, 0.717) is 19.0 Å². The summed E-state index contributed by atoms with van der Waals surface area (Å²) in [5.41, 5.74) is 1.72. The summed E-state index contributed by atoms with van der Waals surface area (Å²) in [5, 5.41) is 17.9. The molecule has 1 N–H and O–H groups in total. The van der Waals surface area contributed by atoms with Crippen LogP contribution in [0.2, 0.25) is 0 Å². The summed E-state index contributed by atoms with van der Waals surface area (Å²) < 4.78 is 7.45. The van der Waals surface area contributed by atoms with E-state index in [-0.39, 0.29) is 13.0 Å². The van der Waals surface area contributed by atoms with Crippen LogP contribution in [0.25, 0.3) is 11.0 Å². The highest BCUT2D eigenvalue weighted by Crippen LogP contribution is 2.22. The van der Waals surface area contributed by atoms with Crippen molar-refractivity contribution in [2.75, 3.05) is 13.2 Å². The van der Waals surface area contributed by atoms with Crippen LogP contribution >= 0.6 is 0 Å². The number of nitrogens with zero attached hydrogens (tertiary/aromatic N) is 3. The maximum Gasteiger partial charge on any atom is 0.124 e. The lowest BCUT2D eigenvalue weighted by Crippen LogP contribution is -2.06. The molecule has 0 saturated carbocycles. The Balaban J connectivity index is 2.40. The fourth-order valence-corrected chi connectivity index (χ4v) is 2.02. The van der Waals surface area contributed by atoms with E-state index in [4.69, 9.17) is 15.1 Å². The molecule has 0 aliphatic rings. The van der Waals surface area contributed by atoms with Gasteiger partial charge in [-0.25, -0.2) is 4.98 Å². The predicted molar refractivity (Wildman–Crippen MR) is 71.9 cm³/mol. The molecule has 0 aliphatic carbocycles. The van der Waals surface area contributed by atoms with Gasteiger partial charge in [-0.2, -0.15) is 5.26 Å². The fourth-order valence-electron chi connectivity index (χ4n) is 2.02. The summed E-state index contributed by atoms with van der Waals surface area (Å²) in [4.78, 5) is 4.44. The van der Waals surface area contributed by atoms with Crippen molar-refractivity contribution < 1.29 is 9.84 Å². The Hall–Kier alpha value is -2.06. The first-order chi connectivity index (χ1) is 9.30. The van der Waals surface area contributed by atoms with Crippen LogP contribution in [0.3, 0.4) is 0 Å². The van der Waals surface area contributed by atoms with Gasteiger partial charge in [0.15, 0.2) is 0 Å². The van der Waals surface area contributed by atoms with Crippen LogP contribution in [0.4, 0.5) is 0 Å². The topological polar surface area (TPSA) is 71.1 Å². The summed E-state index contributed by atoms with van der Waals surface area (Å²) >= 11 is 0. The number of aromatic nitrogens is 2. The van der Waals surface area contributed by atoms with Gasteiger partial charge in [0.25, 0.3) is 0 Å². The number of fused-ring (bicyclic) bond motifs is 1. The molecular formula is C14H17N3O2. The molecule has 1 heterocycles. The smallest absolute Gasteiger partial charge is 0.124 e. The van der Waals surface area contributed by atoms with Crippen LogP contribution in [0.15, 0.2) is 18.2 Å².